The molecule has 0 fully saturated rings. The van der Waals surface area contributed by atoms with Gasteiger partial charge in [0.25, 0.3) is 5.91 Å². The normalized spacial score (nSPS) is 10.3. The molecule has 0 aliphatic heterocycles. The van der Waals surface area contributed by atoms with Gasteiger partial charge in [-0.15, -0.1) is 0 Å². The molecule has 0 aromatic carbocycles. The lowest BCUT2D eigenvalue weighted by Gasteiger charge is -2.04. The number of nitrogens with one attached hydrogen (secondary N) is 1. The monoisotopic (exact) mass is 246 g/mol. The van der Waals surface area contributed by atoms with Crippen molar-refractivity contribution >= 4 is 11.6 Å². The molecule has 6 heteroatoms. The summed E-state index contributed by atoms with van der Waals surface area (Å²) in [5.41, 5.74) is 1.43. The Kier molecular flexibility index (Phi) is 3.27. The van der Waals surface area contributed by atoms with E-state index in [1.165, 1.54) is 12.3 Å². The van der Waals surface area contributed by atoms with Gasteiger partial charge in [0, 0.05) is 19.4 Å². The Balaban J connectivity index is 2.24. The predicted molar refractivity (Wildman–Crippen MR) is 66.4 cm³/mol. The average molecular weight is 246 g/mol. The Hall–Kier alpha value is -2.37. The van der Waals surface area contributed by atoms with Crippen LogP contribution in [0.25, 0.3) is 0 Å². The van der Waals surface area contributed by atoms with Crippen LogP contribution in [0.15, 0.2) is 24.5 Å². The minimum absolute atomic E-state index is 0.00315. The first-order valence-corrected chi connectivity index (χ1v) is 5.59. The molecule has 0 aliphatic rings. The molecule has 2 rings (SSSR count). The molecule has 1 amide bonds. The standard InChI is InChI=1S/C12H14N4O2/c1-3-8-9(7-16(2)15-8)14-12(18)11-10(17)5-4-6-13-11/h4-7,17H,3H2,1-2H3,(H,14,18). The van der Waals surface area contributed by atoms with Crippen molar-refractivity contribution in [1.29, 1.82) is 0 Å². The van der Waals surface area contributed by atoms with E-state index in [-0.39, 0.29) is 11.4 Å². The molecule has 0 saturated carbocycles. The van der Waals surface area contributed by atoms with Crippen molar-refractivity contribution in [2.45, 2.75) is 13.3 Å². The Bertz CT molecular complexity index is 577. The van der Waals surface area contributed by atoms with Crippen LogP contribution in [0.2, 0.25) is 0 Å². The average Bonchev–Trinajstić information content (AvgIpc) is 2.70. The number of nitrogens with zero attached hydrogens (tertiary/aromatic N) is 3. The molecule has 0 spiro atoms. The van der Waals surface area contributed by atoms with Gasteiger partial charge in [0.05, 0.1) is 11.4 Å². The molecular weight excluding hydrogens is 232 g/mol. The second-order valence-electron chi connectivity index (χ2n) is 3.84. The topological polar surface area (TPSA) is 80.0 Å². The summed E-state index contributed by atoms with van der Waals surface area (Å²) >= 11 is 0. The molecule has 0 radical (unpaired) electrons. The van der Waals surface area contributed by atoms with Gasteiger partial charge in [0.1, 0.15) is 5.75 Å². The lowest BCUT2D eigenvalue weighted by molar-refractivity contribution is 0.101. The molecule has 2 aromatic rings. The summed E-state index contributed by atoms with van der Waals surface area (Å²) in [7, 11) is 1.78. The fraction of sp³-hybridized carbons (Fsp3) is 0.250. The number of pyridine rings is 1. The van der Waals surface area contributed by atoms with Gasteiger partial charge in [0.2, 0.25) is 0 Å². The zero-order valence-electron chi connectivity index (χ0n) is 10.2. The van der Waals surface area contributed by atoms with Crippen LogP contribution in [0.4, 0.5) is 5.69 Å². The van der Waals surface area contributed by atoms with Crippen molar-refractivity contribution < 1.29 is 9.90 Å². The molecule has 94 valence electrons. The Morgan fingerprint density at radius 2 is 2.33 bits per heavy atom. The minimum atomic E-state index is -0.448. The lowest BCUT2D eigenvalue weighted by atomic mass is 10.2. The van der Waals surface area contributed by atoms with E-state index in [0.717, 1.165) is 5.69 Å². The van der Waals surface area contributed by atoms with E-state index < -0.39 is 5.91 Å². The summed E-state index contributed by atoms with van der Waals surface area (Å²) in [6.45, 7) is 1.95. The van der Waals surface area contributed by atoms with Crippen molar-refractivity contribution in [3.05, 3.63) is 35.9 Å². The maximum atomic E-state index is 11.9. The highest BCUT2D eigenvalue weighted by Crippen LogP contribution is 2.18. The Labute approximate surface area is 104 Å². The largest absolute Gasteiger partial charge is 0.505 e. The number of carbonyl (C=O) groups excluding carboxylic acids is 1. The van der Waals surface area contributed by atoms with E-state index >= 15 is 0 Å². The van der Waals surface area contributed by atoms with Gasteiger partial charge in [-0.3, -0.25) is 9.48 Å². The highest BCUT2D eigenvalue weighted by molar-refractivity contribution is 6.04. The van der Waals surface area contributed by atoms with Gasteiger partial charge in [-0.2, -0.15) is 5.10 Å². The third-order valence-corrected chi connectivity index (χ3v) is 2.49. The van der Waals surface area contributed by atoms with E-state index in [9.17, 15) is 9.90 Å². The second kappa shape index (κ2) is 4.87. The molecule has 0 aliphatic carbocycles. The number of rotatable bonds is 3. The van der Waals surface area contributed by atoms with Crippen LogP contribution < -0.4 is 5.32 Å². The zero-order chi connectivity index (χ0) is 13.1. The number of carbonyl (C=O) groups is 1. The van der Waals surface area contributed by atoms with Gasteiger partial charge in [-0.1, -0.05) is 6.92 Å². The van der Waals surface area contributed by atoms with Crippen LogP contribution in [-0.4, -0.2) is 25.8 Å². The van der Waals surface area contributed by atoms with Crippen molar-refractivity contribution in [2.75, 3.05) is 5.32 Å². The predicted octanol–water partition coefficient (Wildman–Crippen LogP) is 1.34. The van der Waals surface area contributed by atoms with E-state index in [1.54, 1.807) is 24.0 Å². The maximum absolute atomic E-state index is 11.9. The first-order valence-electron chi connectivity index (χ1n) is 5.59. The highest BCUT2D eigenvalue weighted by atomic mass is 16.3. The van der Waals surface area contributed by atoms with Gasteiger partial charge in [-0.25, -0.2) is 4.98 Å². The molecule has 0 saturated heterocycles. The summed E-state index contributed by atoms with van der Waals surface area (Å²) in [4.78, 5) is 15.8. The number of hydrogen-bond acceptors (Lipinski definition) is 4. The number of anilines is 1. The number of aromatic hydroxyl groups is 1. The van der Waals surface area contributed by atoms with E-state index in [2.05, 4.69) is 15.4 Å². The Morgan fingerprint density at radius 3 is 3.00 bits per heavy atom. The van der Waals surface area contributed by atoms with Crippen LogP contribution in [0.5, 0.6) is 5.75 Å². The highest BCUT2D eigenvalue weighted by Gasteiger charge is 2.15. The molecule has 0 unspecified atom stereocenters. The van der Waals surface area contributed by atoms with E-state index in [0.29, 0.717) is 12.1 Å². The quantitative estimate of drug-likeness (QED) is 0.856. The molecule has 2 heterocycles. The molecule has 0 bridgehead atoms. The smallest absolute Gasteiger partial charge is 0.278 e. The fourth-order valence-corrected chi connectivity index (χ4v) is 1.65. The van der Waals surface area contributed by atoms with Gasteiger partial charge in [0.15, 0.2) is 5.69 Å². The molecule has 18 heavy (non-hydrogen) atoms. The van der Waals surface area contributed by atoms with Crippen LogP contribution in [0, 0.1) is 0 Å². The fourth-order valence-electron chi connectivity index (χ4n) is 1.65. The molecular formula is C12H14N4O2. The van der Waals surface area contributed by atoms with Gasteiger partial charge < -0.3 is 10.4 Å². The summed E-state index contributed by atoms with van der Waals surface area (Å²) in [6, 6.07) is 2.99. The first kappa shape index (κ1) is 12.1. The van der Waals surface area contributed by atoms with E-state index in [4.69, 9.17) is 0 Å². The first-order chi connectivity index (χ1) is 8.61. The molecule has 0 atom stereocenters. The number of aryl methyl sites for hydroxylation is 2. The van der Waals surface area contributed by atoms with Crippen molar-refractivity contribution in [2.24, 2.45) is 7.05 Å². The van der Waals surface area contributed by atoms with Crippen molar-refractivity contribution in [1.82, 2.24) is 14.8 Å². The summed E-state index contributed by atoms with van der Waals surface area (Å²) in [5, 5.41) is 16.5. The van der Waals surface area contributed by atoms with Crippen LogP contribution in [-0.2, 0) is 13.5 Å². The summed E-state index contributed by atoms with van der Waals surface area (Å²) < 4.78 is 1.63. The third-order valence-electron chi connectivity index (χ3n) is 2.49. The van der Waals surface area contributed by atoms with Crippen LogP contribution >= 0.6 is 0 Å². The van der Waals surface area contributed by atoms with Crippen LogP contribution in [0.1, 0.15) is 23.1 Å². The number of amides is 1. The molecule has 6 nitrogen and oxygen atoms in total. The number of aromatic nitrogens is 3. The maximum Gasteiger partial charge on any atom is 0.278 e. The molecule has 2 N–H and O–H groups in total. The summed E-state index contributed by atoms with van der Waals surface area (Å²) in [6.07, 6.45) is 3.89. The summed E-state index contributed by atoms with van der Waals surface area (Å²) in [5.74, 6) is -0.590. The SMILES string of the molecule is CCc1nn(C)cc1NC(=O)c1ncccc1O. The minimum Gasteiger partial charge on any atom is -0.505 e. The van der Waals surface area contributed by atoms with Gasteiger partial charge in [-0.05, 0) is 18.6 Å². The van der Waals surface area contributed by atoms with Crippen molar-refractivity contribution in [3.63, 3.8) is 0 Å². The van der Waals surface area contributed by atoms with Gasteiger partial charge >= 0.3 is 0 Å². The lowest BCUT2D eigenvalue weighted by Crippen LogP contribution is -2.14. The Morgan fingerprint density at radius 1 is 1.56 bits per heavy atom. The number of hydrogen-bond donors (Lipinski definition) is 2. The van der Waals surface area contributed by atoms with Crippen molar-refractivity contribution in [3.8, 4) is 5.75 Å². The van der Waals surface area contributed by atoms with Crippen LogP contribution in [0.3, 0.4) is 0 Å². The van der Waals surface area contributed by atoms with E-state index in [1.807, 2.05) is 6.92 Å². The third kappa shape index (κ3) is 2.32. The molecule has 2 aromatic heterocycles. The second-order valence-corrected chi connectivity index (χ2v) is 3.84. The zero-order valence-corrected chi connectivity index (χ0v) is 10.2.